The van der Waals surface area contributed by atoms with Crippen LogP contribution < -0.4 is 5.32 Å². The minimum atomic E-state index is 0.442. The first-order valence-corrected chi connectivity index (χ1v) is 6.88. The molecule has 17 heavy (non-hydrogen) atoms. The first kappa shape index (κ1) is 13.3. The summed E-state index contributed by atoms with van der Waals surface area (Å²) < 4.78 is 6.04. The summed E-state index contributed by atoms with van der Waals surface area (Å²) in [5, 5.41) is 3.20. The molecule has 3 atom stereocenters. The predicted octanol–water partition coefficient (Wildman–Crippen LogP) is 0.389. The molecule has 1 N–H and O–H groups in total. The summed E-state index contributed by atoms with van der Waals surface area (Å²) >= 11 is 0. The summed E-state index contributed by atoms with van der Waals surface area (Å²) in [6.07, 6.45) is 4.66. The van der Waals surface area contributed by atoms with Crippen LogP contribution in [0.25, 0.3) is 0 Å². The number of likely N-dealkylation sites (tertiary alicyclic amines) is 1. The fourth-order valence-corrected chi connectivity index (χ4v) is 2.98. The molecule has 3 unspecified atom stereocenters. The van der Waals surface area contributed by atoms with Gasteiger partial charge in [-0.1, -0.05) is 0 Å². The van der Waals surface area contributed by atoms with Gasteiger partial charge in [-0.2, -0.15) is 0 Å². The van der Waals surface area contributed by atoms with Crippen LogP contribution in [0.15, 0.2) is 0 Å². The zero-order valence-electron chi connectivity index (χ0n) is 11.5. The van der Waals surface area contributed by atoms with Crippen molar-refractivity contribution in [1.29, 1.82) is 0 Å². The summed E-state index contributed by atoms with van der Waals surface area (Å²) in [5.41, 5.74) is 0. The van der Waals surface area contributed by atoms with Crippen molar-refractivity contribution >= 4 is 0 Å². The van der Waals surface area contributed by atoms with Gasteiger partial charge in [0.1, 0.15) is 0 Å². The molecule has 2 aliphatic rings. The van der Waals surface area contributed by atoms with Crippen LogP contribution in [0.2, 0.25) is 0 Å². The Labute approximate surface area is 105 Å². The molecule has 0 saturated carbocycles. The van der Waals surface area contributed by atoms with Crippen LogP contribution in [0, 0.1) is 0 Å². The highest BCUT2D eigenvalue weighted by molar-refractivity contribution is 4.84. The van der Waals surface area contributed by atoms with Crippen LogP contribution in [0.5, 0.6) is 0 Å². The average Bonchev–Trinajstić information content (AvgIpc) is 2.89. The topological polar surface area (TPSA) is 27.7 Å². The van der Waals surface area contributed by atoms with E-state index in [1.165, 1.54) is 32.4 Å². The number of ether oxygens (including phenoxy) is 1. The highest BCUT2D eigenvalue weighted by Crippen LogP contribution is 2.22. The molecule has 4 nitrogen and oxygen atoms in total. The van der Waals surface area contributed by atoms with Crippen LogP contribution in [0.3, 0.4) is 0 Å². The second kappa shape index (κ2) is 6.14. The van der Waals surface area contributed by atoms with Crippen molar-refractivity contribution in [3.8, 4) is 0 Å². The molecule has 0 aromatic rings. The van der Waals surface area contributed by atoms with Gasteiger partial charge in [0.2, 0.25) is 0 Å². The Hall–Kier alpha value is -0.160. The molecule has 0 aliphatic carbocycles. The monoisotopic (exact) mass is 241 g/mol. The van der Waals surface area contributed by atoms with Crippen LogP contribution in [-0.2, 0) is 4.74 Å². The summed E-state index contributed by atoms with van der Waals surface area (Å²) in [4.78, 5) is 4.91. The minimum Gasteiger partial charge on any atom is -0.372 e. The Morgan fingerprint density at radius 1 is 1.24 bits per heavy atom. The van der Waals surface area contributed by atoms with Gasteiger partial charge in [-0.05, 0) is 47.0 Å². The van der Waals surface area contributed by atoms with E-state index in [1.54, 1.807) is 0 Å². The van der Waals surface area contributed by atoms with E-state index in [9.17, 15) is 0 Å². The second-order valence-electron chi connectivity index (χ2n) is 5.68. The van der Waals surface area contributed by atoms with Gasteiger partial charge in [0.15, 0.2) is 0 Å². The van der Waals surface area contributed by atoms with Crippen LogP contribution in [0.4, 0.5) is 0 Å². The minimum absolute atomic E-state index is 0.442. The lowest BCUT2D eigenvalue weighted by atomic mass is 10.2. The first-order valence-electron chi connectivity index (χ1n) is 6.88. The molecule has 2 heterocycles. The third-order valence-corrected chi connectivity index (χ3v) is 4.07. The third kappa shape index (κ3) is 3.65. The number of rotatable bonds is 5. The lowest BCUT2D eigenvalue weighted by Crippen LogP contribution is -2.35. The molecule has 0 amide bonds. The standard InChI is InChI=1S/C13H27N3O/c1-14-8-12-4-5-13(17-12)10-16-7-6-11(9-16)15(2)3/h11-14H,4-10H2,1-3H3. The molecule has 0 bridgehead atoms. The van der Waals surface area contributed by atoms with Crippen LogP contribution >= 0.6 is 0 Å². The number of nitrogens with zero attached hydrogens (tertiary/aromatic N) is 2. The van der Waals surface area contributed by atoms with E-state index in [4.69, 9.17) is 4.74 Å². The zero-order valence-corrected chi connectivity index (χ0v) is 11.5. The van der Waals surface area contributed by atoms with Gasteiger partial charge in [0.25, 0.3) is 0 Å². The second-order valence-corrected chi connectivity index (χ2v) is 5.68. The molecule has 100 valence electrons. The van der Waals surface area contributed by atoms with Crippen molar-refractivity contribution in [2.24, 2.45) is 0 Å². The van der Waals surface area contributed by atoms with Crippen molar-refractivity contribution in [2.45, 2.75) is 37.5 Å². The van der Waals surface area contributed by atoms with E-state index < -0.39 is 0 Å². The van der Waals surface area contributed by atoms with E-state index in [0.29, 0.717) is 12.2 Å². The lowest BCUT2D eigenvalue weighted by Gasteiger charge is -2.23. The van der Waals surface area contributed by atoms with Crippen LogP contribution in [0.1, 0.15) is 19.3 Å². The average molecular weight is 241 g/mol. The Bertz CT molecular complexity index is 235. The molecule has 2 rings (SSSR count). The van der Waals surface area contributed by atoms with E-state index in [2.05, 4.69) is 29.2 Å². The number of likely N-dealkylation sites (N-methyl/N-ethyl adjacent to an activating group) is 2. The summed E-state index contributed by atoms with van der Waals surface area (Å²) in [6.45, 7) is 4.57. The van der Waals surface area contributed by atoms with E-state index in [1.807, 2.05) is 7.05 Å². The van der Waals surface area contributed by atoms with Gasteiger partial charge in [-0.3, -0.25) is 4.90 Å². The highest BCUT2D eigenvalue weighted by Gasteiger charge is 2.30. The predicted molar refractivity (Wildman–Crippen MR) is 70.4 cm³/mol. The Balaban J connectivity index is 1.69. The van der Waals surface area contributed by atoms with Gasteiger partial charge in [0.05, 0.1) is 12.2 Å². The number of hydrogen-bond acceptors (Lipinski definition) is 4. The van der Waals surface area contributed by atoms with Gasteiger partial charge in [-0.25, -0.2) is 0 Å². The summed E-state index contributed by atoms with van der Waals surface area (Å²) in [7, 11) is 6.37. The van der Waals surface area contributed by atoms with Crippen molar-refractivity contribution in [2.75, 3.05) is 47.3 Å². The maximum atomic E-state index is 6.04. The van der Waals surface area contributed by atoms with E-state index >= 15 is 0 Å². The fourth-order valence-electron chi connectivity index (χ4n) is 2.98. The van der Waals surface area contributed by atoms with Gasteiger partial charge < -0.3 is 15.0 Å². The van der Waals surface area contributed by atoms with Crippen molar-refractivity contribution in [3.63, 3.8) is 0 Å². The lowest BCUT2D eigenvalue weighted by molar-refractivity contribution is 0.0274. The molecule has 0 radical (unpaired) electrons. The van der Waals surface area contributed by atoms with Gasteiger partial charge >= 0.3 is 0 Å². The summed E-state index contributed by atoms with van der Waals surface area (Å²) in [6, 6.07) is 0.740. The quantitative estimate of drug-likeness (QED) is 0.753. The fraction of sp³-hybridized carbons (Fsp3) is 1.00. The highest BCUT2D eigenvalue weighted by atomic mass is 16.5. The molecule has 2 saturated heterocycles. The SMILES string of the molecule is CNCC1CCC(CN2CCC(N(C)C)C2)O1. The maximum Gasteiger partial charge on any atom is 0.0707 e. The van der Waals surface area contributed by atoms with Crippen molar-refractivity contribution < 1.29 is 4.74 Å². The third-order valence-electron chi connectivity index (χ3n) is 4.07. The molecule has 0 aromatic heterocycles. The van der Waals surface area contributed by atoms with Crippen LogP contribution in [-0.4, -0.2) is 75.4 Å². The van der Waals surface area contributed by atoms with Gasteiger partial charge in [0, 0.05) is 25.7 Å². The molecule has 0 aromatic carbocycles. The molecule has 0 spiro atoms. The molecule has 2 aliphatic heterocycles. The first-order chi connectivity index (χ1) is 8.19. The zero-order chi connectivity index (χ0) is 12.3. The van der Waals surface area contributed by atoms with Gasteiger partial charge in [-0.15, -0.1) is 0 Å². The molecule has 4 heteroatoms. The number of hydrogen-bond donors (Lipinski definition) is 1. The summed E-state index contributed by atoms with van der Waals surface area (Å²) in [5.74, 6) is 0. The normalized spacial score (nSPS) is 34.9. The van der Waals surface area contributed by atoms with Crippen molar-refractivity contribution in [3.05, 3.63) is 0 Å². The van der Waals surface area contributed by atoms with E-state index in [-0.39, 0.29) is 0 Å². The Morgan fingerprint density at radius 3 is 2.65 bits per heavy atom. The maximum absolute atomic E-state index is 6.04. The largest absolute Gasteiger partial charge is 0.372 e. The van der Waals surface area contributed by atoms with Crippen molar-refractivity contribution in [1.82, 2.24) is 15.1 Å². The Kier molecular flexibility index (Phi) is 4.79. The molecular weight excluding hydrogens is 214 g/mol. The Morgan fingerprint density at radius 2 is 2.00 bits per heavy atom. The number of nitrogens with one attached hydrogen (secondary N) is 1. The molecule has 2 fully saturated rings. The smallest absolute Gasteiger partial charge is 0.0707 e. The van der Waals surface area contributed by atoms with E-state index in [0.717, 1.165) is 19.1 Å². The molecular formula is C13H27N3O.